The molecule has 0 bridgehead atoms. The Bertz CT molecular complexity index is 1000. The van der Waals surface area contributed by atoms with E-state index in [4.69, 9.17) is 0 Å². The Morgan fingerprint density at radius 3 is 2.75 bits per heavy atom. The van der Waals surface area contributed by atoms with Crippen molar-refractivity contribution in [2.75, 3.05) is 12.4 Å². The summed E-state index contributed by atoms with van der Waals surface area (Å²) in [6.07, 6.45) is 2.04. The lowest BCUT2D eigenvalue weighted by Crippen LogP contribution is -2.56. The number of nitrogens with zero attached hydrogens (tertiary/aromatic N) is 3. The molecule has 1 saturated heterocycles. The second-order valence-electron chi connectivity index (χ2n) is 6.98. The second-order valence-corrected chi connectivity index (χ2v) is 8.74. The van der Waals surface area contributed by atoms with Crippen molar-refractivity contribution in [1.82, 2.24) is 18.8 Å². The zero-order valence-electron chi connectivity index (χ0n) is 16.3. The van der Waals surface area contributed by atoms with Crippen LogP contribution in [-0.2, 0) is 21.5 Å². The Morgan fingerprint density at radius 1 is 1.39 bits per heavy atom. The van der Waals surface area contributed by atoms with Crippen molar-refractivity contribution in [2.24, 2.45) is 0 Å². The van der Waals surface area contributed by atoms with Gasteiger partial charge in [0, 0.05) is 25.4 Å². The summed E-state index contributed by atoms with van der Waals surface area (Å²) >= 11 is 0. The molecule has 1 aliphatic heterocycles. The van der Waals surface area contributed by atoms with Crippen LogP contribution in [0.2, 0.25) is 0 Å². The van der Waals surface area contributed by atoms with Gasteiger partial charge < -0.3 is 10.4 Å². The van der Waals surface area contributed by atoms with E-state index >= 15 is 0 Å². The summed E-state index contributed by atoms with van der Waals surface area (Å²) in [6.45, 7) is 6.25. The highest BCUT2D eigenvalue weighted by molar-refractivity contribution is 7.87. The fourth-order valence-corrected chi connectivity index (χ4v) is 4.58. The average Bonchev–Trinajstić information content (AvgIpc) is 3.01. The lowest BCUT2D eigenvalue weighted by Gasteiger charge is -2.36. The van der Waals surface area contributed by atoms with Crippen LogP contribution < -0.4 is 10.0 Å². The standard InChI is InChI=1S/C18H25N5O4S/c1-5-23-10-13(12(3)20-23)14-9-16(22(4)28(26,27)21-14)18(25)19-15-8-11(2)6-7-17(15)24/h6-8,10,14,16,21,24H,5,9H2,1-4H3,(H,19,25)/t14-,16+/m0/s1. The van der Waals surface area contributed by atoms with E-state index in [1.807, 2.05) is 20.8 Å². The van der Waals surface area contributed by atoms with E-state index in [9.17, 15) is 18.3 Å². The topological polar surface area (TPSA) is 117 Å². The van der Waals surface area contributed by atoms with Gasteiger partial charge in [-0.1, -0.05) is 6.07 Å². The molecule has 1 aromatic carbocycles. The third-order valence-corrected chi connectivity index (χ3v) is 6.56. The quantitative estimate of drug-likeness (QED) is 0.663. The fraction of sp³-hybridized carbons (Fsp3) is 0.444. The maximum Gasteiger partial charge on any atom is 0.280 e. The number of aryl methyl sites for hydroxylation is 3. The maximum absolute atomic E-state index is 12.9. The SMILES string of the molecule is CCn1cc([C@@H]2C[C@H](C(=O)Nc3cc(C)ccc3O)N(C)S(=O)(=O)N2)c(C)n1. The summed E-state index contributed by atoms with van der Waals surface area (Å²) in [5.41, 5.74) is 2.57. The molecule has 3 N–H and O–H groups in total. The van der Waals surface area contributed by atoms with Crippen LogP contribution in [0.5, 0.6) is 5.75 Å². The number of aromatic hydroxyl groups is 1. The highest BCUT2D eigenvalue weighted by Gasteiger charge is 2.41. The fourth-order valence-electron chi connectivity index (χ4n) is 3.32. The molecule has 28 heavy (non-hydrogen) atoms. The van der Waals surface area contributed by atoms with Crippen LogP contribution in [0.15, 0.2) is 24.4 Å². The summed E-state index contributed by atoms with van der Waals surface area (Å²) in [5, 5.41) is 17.0. The highest BCUT2D eigenvalue weighted by atomic mass is 32.2. The number of rotatable bonds is 4. The summed E-state index contributed by atoms with van der Waals surface area (Å²) in [6, 6.07) is 3.34. The van der Waals surface area contributed by atoms with Crippen LogP contribution in [0.25, 0.3) is 0 Å². The number of nitrogens with one attached hydrogen (secondary N) is 2. The molecule has 0 unspecified atom stereocenters. The molecule has 152 valence electrons. The first-order chi connectivity index (χ1) is 13.1. The third kappa shape index (κ3) is 3.89. The van der Waals surface area contributed by atoms with E-state index in [0.717, 1.165) is 21.1 Å². The Balaban J connectivity index is 1.89. The van der Waals surface area contributed by atoms with Crippen LogP contribution in [0, 0.1) is 13.8 Å². The van der Waals surface area contributed by atoms with Gasteiger partial charge in [0.25, 0.3) is 10.2 Å². The number of likely N-dealkylation sites (N-methyl/N-ethyl adjacent to an activating group) is 1. The molecule has 1 amide bonds. The number of amides is 1. The molecule has 1 aliphatic rings. The molecule has 2 aromatic rings. The molecule has 10 heteroatoms. The minimum absolute atomic E-state index is 0.0741. The minimum atomic E-state index is -3.85. The van der Waals surface area contributed by atoms with E-state index in [1.165, 1.54) is 13.1 Å². The molecule has 0 aliphatic carbocycles. The first-order valence-electron chi connectivity index (χ1n) is 9.02. The van der Waals surface area contributed by atoms with Gasteiger partial charge in [0.05, 0.1) is 17.4 Å². The summed E-state index contributed by atoms with van der Waals surface area (Å²) in [4.78, 5) is 12.9. The van der Waals surface area contributed by atoms with E-state index in [2.05, 4.69) is 15.1 Å². The molecule has 3 rings (SSSR count). The molecule has 9 nitrogen and oxygen atoms in total. The van der Waals surface area contributed by atoms with Crippen molar-refractivity contribution in [3.05, 3.63) is 41.2 Å². The number of carbonyl (C=O) groups excluding carboxylic acids is 1. The monoisotopic (exact) mass is 407 g/mol. The molecule has 0 radical (unpaired) electrons. The predicted molar refractivity (Wildman–Crippen MR) is 105 cm³/mol. The van der Waals surface area contributed by atoms with Gasteiger partial charge in [0.1, 0.15) is 11.8 Å². The Morgan fingerprint density at radius 2 is 2.11 bits per heavy atom. The molecule has 1 fully saturated rings. The molecule has 2 heterocycles. The van der Waals surface area contributed by atoms with Crippen molar-refractivity contribution in [3.63, 3.8) is 0 Å². The van der Waals surface area contributed by atoms with Gasteiger partial charge in [-0.2, -0.15) is 22.5 Å². The summed E-state index contributed by atoms with van der Waals surface area (Å²) in [7, 11) is -2.49. The van der Waals surface area contributed by atoms with E-state index in [0.29, 0.717) is 6.54 Å². The number of phenolic OH excluding ortho intramolecular Hbond substituents is 1. The summed E-state index contributed by atoms with van der Waals surface area (Å²) in [5.74, 6) is -0.575. The number of hydrogen-bond acceptors (Lipinski definition) is 5. The molecular formula is C18H25N5O4S. The lowest BCUT2D eigenvalue weighted by molar-refractivity contribution is -0.120. The zero-order chi connectivity index (χ0) is 20.6. The molecule has 1 aromatic heterocycles. The second kappa shape index (κ2) is 7.53. The minimum Gasteiger partial charge on any atom is -0.506 e. The van der Waals surface area contributed by atoms with Crippen LogP contribution in [0.4, 0.5) is 5.69 Å². The van der Waals surface area contributed by atoms with Gasteiger partial charge in [-0.3, -0.25) is 9.48 Å². The highest BCUT2D eigenvalue weighted by Crippen LogP contribution is 2.31. The number of phenols is 1. The number of carbonyl (C=O) groups is 1. The van der Waals surface area contributed by atoms with Gasteiger partial charge in [-0.25, -0.2) is 0 Å². The zero-order valence-corrected chi connectivity index (χ0v) is 17.1. The molecule has 0 saturated carbocycles. The van der Waals surface area contributed by atoms with Crippen LogP contribution in [0.3, 0.4) is 0 Å². The Hall–Kier alpha value is -2.43. The Labute approximate surface area is 164 Å². The summed E-state index contributed by atoms with van der Waals surface area (Å²) < 4.78 is 30.6. The van der Waals surface area contributed by atoms with Crippen LogP contribution in [0.1, 0.15) is 36.2 Å². The average molecular weight is 407 g/mol. The van der Waals surface area contributed by atoms with E-state index in [1.54, 1.807) is 23.0 Å². The normalized spacial score (nSPS) is 22.1. The van der Waals surface area contributed by atoms with Crippen molar-refractivity contribution in [1.29, 1.82) is 0 Å². The lowest BCUT2D eigenvalue weighted by atomic mass is 10.00. The van der Waals surface area contributed by atoms with Gasteiger partial charge in [0.2, 0.25) is 5.91 Å². The number of hydrogen-bond donors (Lipinski definition) is 3. The van der Waals surface area contributed by atoms with Crippen LogP contribution >= 0.6 is 0 Å². The van der Waals surface area contributed by atoms with Gasteiger partial charge in [-0.15, -0.1) is 0 Å². The van der Waals surface area contributed by atoms with Gasteiger partial charge >= 0.3 is 0 Å². The molecule has 0 spiro atoms. The van der Waals surface area contributed by atoms with Crippen molar-refractivity contribution in [2.45, 2.75) is 45.8 Å². The number of anilines is 1. The first-order valence-corrected chi connectivity index (χ1v) is 10.5. The molecule has 2 atom stereocenters. The van der Waals surface area contributed by atoms with Gasteiger partial charge in [0.15, 0.2) is 0 Å². The van der Waals surface area contributed by atoms with E-state index in [-0.39, 0.29) is 17.9 Å². The first kappa shape index (κ1) is 20.3. The Kier molecular flexibility index (Phi) is 5.46. The van der Waals surface area contributed by atoms with Crippen molar-refractivity contribution >= 4 is 21.8 Å². The van der Waals surface area contributed by atoms with Crippen molar-refractivity contribution in [3.8, 4) is 5.75 Å². The third-order valence-electron chi connectivity index (χ3n) is 4.96. The van der Waals surface area contributed by atoms with Crippen LogP contribution in [-0.4, -0.2) is 46.6 Å². The smallest absolute Gasteiger partial charge is 0.280 e. The number of aromatic nitrogens is 2. The maximum atomic E-state index is 12.9. The van der Waals surface area contributed by atoms with Crippen molar-refractivity contribution < 1.29 is 18.3 Å². The van der Waals surface area contributed by atoms with Gasteiger partial charge in [-0.05, 0) is 44.9 Å². The largest absolute Gasteiger partial charge is 0.506 e. The molecular weight excluding hydrogens is 382 g/mol. The number of benzene rings is 1. The van der Waals surface area contributed by atoms with E-state index < -0.39 is 28.2 Å². The predicted octanol–water partition coefficient (Wildman–Crippen LogP) is 1.44.